The summed E-state index contributed by atoms with van der Waals surface area (Å²) in [5.74, 6) is -1.49. The highest BCUT2D eigenvalue weighted by Gasteiger charge is 2.32. The first-order valence-electron chi connectivity index (χ1n) is 11.5. The summed E-state index contributed by atoms with van der Waals surface area (Å²) in [5.41, 5.74) is 1.11. The summed E-state index contributed by atoms with van der Waals surface area (Å²) in [4.78, 5) is 27.8. The molecular formula is C25H31ClFN3O4S. The van der Waals surface area contributed by atoms with Gasteiger partial charge in [-0.3, -0.25) is 13.9 Å². The monoisotopic (exact) mass is 523 g/mol. The van der Waals surface area contributed by atoms with E-state index in [1.807, 2.05) is 0 Å². The highest BCUT2D eigenvalue weighted by atomic mass is 35.5. The Morgan fingerprint density at radius 1 is 1.17 bits per heavy atom. The fourth-order valence-electron chi connectivity index (χ4n) is 4.28. The van der Waals surface area contributed by atoms with Crippen molar-refractivity contribution in [2.24, 2.45) is 0 Å². The molecule has 0 saturated heterocycles. The topological polar surface area (TPSA) is 86.8 Å². The van der Waals surface area contributed by atoms with Gasteiger partial charge >= 0.3 is 0 Å². The van der Waals surface area contributed by atoms with Gasteiger partial charge in [0.05, 0.1) is 11.9 Å². The van der Waals surface area contributed by atoms with Gasteiger partial charge in [-0.1, -0.05) is 42.6 Å². The SMILES string of the molecule is Cc1cc(Cl)ccc1N(CC(=O)N(Cc1ccccc1F)[C@H](C)C(=O)NC1CCCC1)S(C)(=O)=O. The quantitative estimate of drug-likeness (QED) is 0.537. The summed E-state index contributed by atoms with van der Waals surface area (Å²) in [7, 11) is -3.86. The molecule has 1 fully saturated rings. The molecule has 7 nitrogen and oxygen atoms in total. The van der Waals surface area contributed by atoms with E-state index >= 15 is 0 Å². The Bertz CT molecular complexity index is 1180. The van der Waals surface area contributed by atoms with Gasteiger partial charge in [-0.2, -0.15) is 0 Å². The number of hydrogen-bond donors (Lipinski definition) is 1. The lowest BCUT2D eigenvalue weighted by atomic mass is 10.1. The van der Waals surface area contributed by atoms with Crippen LogP contribution in [0.25, 0.3) is 0 Å². The minimum atomic E-state index is -3.86. The zero-order valence-electron chi connectivity index (χ0n) is 20.1. The first-order valence-corrected chi connectivity index (χ1v) is 13.8. The maximum Gasteiger partial charge on any atom is 0.244 e. The number of carbonyl (C=O) groups is 2. The van der Waals surface area contributed by atoms with Crippen LogP contribution in [-0.4, -0.2) is 50.0 Å². The molecular weight excluding hydrogens is 493 g/mol. The maximum absolute atomic E-state index is 14.5. The number of anilines is 1. The molecule has 0 heterocycles. The van der Waals surface area contributed by atoms with Crippen LogP contribution in [0.15, 0.2) is 42.5 Å². The molecule has 35 heavy (non-hydrogen) atoms. The largest absolute Gasteiger partial charge is 0.352 e. The van der Waals surface area contributed by atoms with Crippen LogP contribution >= 0.6 is 11.6 Å². The molecule has 1 aliphatic rings. The van der Waals surface area contributed by atoms with Crippen LogP contribution < -0.4 is 9.62 Å². The minimum Gasteiger partial charge on any atom is -0.352 e. The minimum absolute atomic E-state index is 0.0413. The van der Waals surface area contributed by atoms with Crippen molar-refractivity contribution in [3.63, 3.8) is 0 Å². The van der Waals surface area contributed by atoms with Gasteiger partial charge in [-0.25, -0.2) is 12.8 Å². The van der Waals surface area contributed by atoms with E-state index in [1.54, 1.807) is 32.0 Å². The van der Waals surface area contributed by atoms with E-state index in [0.29, 0.717) is 16.3 Å². The number of hydrogen-bond acceptors (Lipinski definition) is 4. The van der Waals surface area contributed by atoms with Crippen molar-refractivity contribution in [3.05, 3.63) is 64.4 Å². The summed E-state index contributed by atoms with van der Waals surface area (Å²) in [6.45, 7) is 2.54. The van der Waals surface area contributed by atoms with Gasteiger partial charge < -0.3 is 10.2 Å². The highest BCUT2D eigenvalue weighted by molar-refractivity contribution is 7.92. The van der Waals surface area contributed by atoms with Gasteiger partial charge in [0.2, 0.25) is 21.8 Å². The lowest BCUT2D eigenvalue weighted by Gasteiger charge is -2.32. The van der Waals surface area contributed by atoms with Gasteiger partial charge in [0.25, 0.3) is 0 Å². The van der Waals surface area contributed by atoms with Crippen molar-refractivity contribution >= 4 is 39.1 Å². The molecule has 190 valence electrons. The van der Waals surface area contributed by atoms with Gasteiger partial charge in [-0.15, -0.1) is 0 Å². The molecule has 0 radical (unpaired) electrons. The van der Waals surface area contributed by atoms with Crippen molar-refractivity contribution in [1.82, 2.24) is 10.2 Å². The Morgan fingerprint density at radius 2 is 1.83 bits per heavy atom. The zero-order chi connectivity index (χ0) is 25.8. The smallest absolute Gasteiger partial charge is 0.244 e. The second-order valence-corrected chi connectivity index (χ2v) is 11.3. The van der Waals surface area contributed by atoms with Crippen LogP contribution in [0.1, 0.15) is 43.7 Å². The van der Waals surface area contributed by atoms with Gasteiger partial charge in [0.1, 0.15) is 18.4 Å². The predicted octanol–water partition coefficient (Wildman–Crippen LogP) is 4.03. The normalized spacial score (nSPS) is 15.0. The molecule has 10 heteroatoms. The van der Waals surface area contributed by atoms with Crippen LogP contribution in [0.2, 0.25) is 5.02 Å². The van der Waals surface area contributed by atoms with Crippen LogP contribution in [0.3, 0.4) is 0 Å². The number of nitrogens with zero attached hydrogens (tertiary/aromatic N) is 2. The Balaban J connectivity index is 1.91. The number of rotatable bonds is 9. The molecule has 0 unspecified atom stereocenters. The summed E-state index contributed by atoms with van der Waals surface area (Å²) in [5, 5.41) is 3.41. The van der Waals surface area contributed by atoms with Crippen molar-refractivity contribution in [1.29, 1.82) is 0 Å². The van der Waals surface area contributed by atoms with Crippen LogP contribution in [0, 0.1) is 12.7 Å². The fraction of sp³-hybridized carbons (Fsp3) is 0.440. The molecule has 0 bridgehead atoms. The number of aryl methyl sites for hydroxylation is 1. The molecule has 3 rings (SSSR count). The number of nitrogens with one attached hydrogen (secondary N) is 1. The summed E-state index contributed by atoms with van der Waals surface area (Å²) >= 11 is 6.02. The Kier molecular flexibility index (Phi) is 8.77. The average molecular weight is 524 g/mol. The van der Waals surface area contributed by atoms with E-state index < -0.39 is 34.3 Å². The van der Waals surface area contributed by atoms with E-state index in [-0.39, 0.29) is 24.1 Å². The average Bonchev–Trinajstić information content (AvgIpc) is 3.29. The summed E-state index contributed by atoms with van der Waals surface area (Å²) < 4.78 is 40.8. The molecule has 2 aromatic rings. The van der Waals surface area contributed by atoms with Gasteiger partial charge in [0, 0.05) is 23.2 Å². The Hall–Kier alpha value is -2.65. The number of halogens is 2. The van der Waals surface area contributed by atoms with E-state index in [1.165, 1.54) is 29.2 Å². The molecule has 2 amide bonds. The third-order valence-corrected chi connectivity index (χ3v) is 7.64. The predicted molar refractivity (Wildman–Crippen MR) is 135 cm³/mol. The molecule has 1 aliphatic carbocycles. The lowest BCUT2D eigenvalue weighted by molar-refractivity contribution is -0.139. The second-order valence-electron chi connectivity index (χ2n) is 8.98. The molecule has 1 N–H and O–H groups in total. The molecule has 2 aromatic carbocycles. The van der Waals surface area contributed by atoms with Crippen molar-refractivity contribution in [2.75, 3.05) is 17.1 Å². The summed E-state index contributed by atoms with van der Waals surface area (Å²) in [6.07, 6.45) is 4.81. The molecule has 0 aromatic heterocycles. The first-order chi connectivity index (χ1) is 16.5. The zero-order valence-corrected chi connectivity index (χ0v) is 21.7. The van der Waals surface area contributed by atoms with E-state index in [0.717, 1.165) is 36.2 Å². The van der Waals surface area contributed by atoms with Crippen LogP contribution in [0.5, 0.6) is 0 Å². The van der Waals surface area contributed by atoms with Gasteiger partial charge in [-0.05, 0) is 56.5 Å². The third-order valence-electron chi connectivity index (χ3n) is 6.27. The molecule has 1 saturated carbocycles. The third kappa shape index (κ3) is 6.95. The molecule has 0 spiro atoms. The van der Waals surface area contributed by atoms with E-state index in [4.69, 9.17) is 11.6 Å². The molecule has 0 aliphatic heterocycles. The van der Waals surface area contributed by atoms with E-state index in [9.17, 15) is 22.4 Å². The second kappa shape index (κ2) is 11.4. The lowest BCUT2D eigenvalue weighted by Crippen LogP contribution is -2.52. The molecule has 1 atom stereocenters. The highest BCUT2D eigenvalue weighted by Crippen LogP contribution is 2.26. The van der Waals surface area contributed by atoms with Crippen molar-refractivity contribution in [2.45, 2.75) is 58.2 Å². The number of carbonyl (C=O) groups excluding carboxylic acids is 2. The van der Waals surface area contributed by atoms with E-state index in [2.05, 4.69) is 5.32 Å². The number of amides is 2. The fourth-order valence-corrected chi connectivity index (χ4v) is 5.41. The summed E-state index contributed by atoms with van der Waals surface area (Å²) in [6, 6.07) is 9.78. The Labute approximate surface area is 211 Å². The first kappa shape index (κ1) is 26.9. The van der Waals surface area contributed by atoms with Crippen LogP contribution in [-0.2, 0) is 26.2 Å². The number of sulfonamides is 1. The van der Waals surface area contributed by atoms with Crippen LogP contribution in [0.4, 0.5) is 10.1 Å². The standard InChI is InChI=1S/C25H31ClFN3O4S/c1-17-14-20(26)12-13-23(17)30(35(3,33)34)16-24(31)29(15-19-8-4-7-11-22(19)27)18(2)25(32)28-21-9-5-6-10-21/h4,7-8,11-14,18,21H,5-6,9-10,15-16H2,1-3H3,(H,28,32)/t18-/m1/s1. The van der Waals surface area contributed by atoms with Gasteiger partial charge in [0.15, 0.2) is 0 Å². The Morgan fingerprint density at radius 3 is 2.43 bits per heavy atom. The van der Waals surface area contributed by atoms with Crippen molar-refractivity contribution in [3.8, 4) is 0 Å². The number of benzene rings is 2. The maximum atomic E-state index is 14.5. The van der Waals surface area contributed by atoms with Crippen molar-refractivity contribution < 1.29 is 22.4 Å².